The predicted molar refractivity (Wildman–Crippen MR) is 258 cm³/mol. The Bertz CT molecular complexity index is 1290. The Kier molecular flexibility index (Phi) is 45.3. The van der Waals surface area contributed by atoms with Gasteiger partial charge in [-0.25, -0.2) is 9.59 Å². The van der Waals surface area contributed by atoms with Crippen LogP contribution in [-0.4, -0.2) is 98.2 Å². The van der Waals surface area contributed by atoms with Gasteiger partial charge in [0.15, 0.2) is 0 Å². The van der Waals surface area contributed by atoms with Gasteiger partial charge in [0.2, 0.25) is 0 Å². The molecule has 0 fully saturated rings. The van der Waals surface area contributed by atoms with Crippen LogP contribution in [0.4, 0.5) is 0 Å². The van der Waals surface area contributed by atoms with E-state index < -0.39 is 11.9 Å². The molecule has 364 valence electrons. The van der Waals surface area contributed by atoms with Crippen molar-refractivity contribution >= 4 is 72.8 Å². The third-order valence-electron chi connectivity index (χ3n) is 11.3. The third kappa shape index (κ3) is 42.9. The molecule has 0 N–H and O–H groups in total. The number of carbonyl (C=O) groups is 4. The molecule has 11 heteroatoms. The number of unbranched alkanes of at least 4 members (excludes halogenated alkanes) is 20. The third-order valence-corrected chi connectivity index (χ3v) is 11.3. The van der Waals surface area contributed by atoms with Gasteiger partial charge in [0.1, 0.15) is 25.4 Å². The Morgan fingerprint density at radius 2 is 0.692 bits per heavy atom. The van der Waals surface area contributed by atoms with Gasteiger partial charge in [0.25, 0.3) is 0 Å². The summed E-state index contributed by atoms with van der Waals surface area (Å²) in [7, 11) is 0. The molecule has 2 unspecified atom stereocenters. The van der Waals surface area contributed by atoms with Gasteiger partial charge in [-0.2, -0.15) is 0 Å². The van der Waals surface area contributed by atoms with E-state index in [1.807, 2.05) is 60.7 Å². The summed E-state index contributed by atoms with van der Waals surface area (Å²) in [5.74, 6) is -2.75. The molecule has 0 amide bonds. The SMILES string of the molecule is CCCCCCCCCCCCC(CCCCC(=O)[O-])OC(=O)COCc1ccccc1.CCCCCCCCCCCCC(CCCCC(=O)[O-])OC(=O)COCc1ccccc1.[Ba+2]. The largest absolute Gasteiger partial charge is 2.00 e. The van der Waals surface area contributed by atoms with E-state index in [1.54, 1.807) is 0 Å². The van der Waals surface area contributed by atoms with Crippen molar-refractivity contribution in [2.24, 2.45) is 0 Å². The van der Waals surface area contributed by atoms with Crippen LogP contribution in [0, 0.1) is 0 Å². The number of hydrogen-bond donors (Lipinski definition) is 0. The van der Waals surface area contributed by atoms with E-state index >= 15 is 0 Å². The fourth-order valence-corrected chi connectivity index (χ4v) is 7.62. The summed E-state index contributed by atoms with van der Waals surface area (Å²) in [5, 5.41) is 21.2. The van der Waals surface area contributed by atoms with Gasteiger partial charge in [-0.15, -0.1) is 0 Å². The summed E-state index contributed by atoms with van der Waals surface area (Å²) in [6.07, 6.45) is 30.7. The van der Waals surface area contributed by atoms with Crippen LogP contribution < -0.4 is 10.2 Å². The van der Waals surface area contributed by atoms with Gasteiger partial charge in [-0.3, -0.25) is 0 Å². The zero-order valence-electron chi connectivity index (χ0n) is 40.8. The minimum Gasteiger partial charge on any atom is -0.550 e. The number of carboxylic acids is 2. The molecular weight excluding hydrogens is 946 g/mol. The Morgan fingerprint density at radius 1 is 0.415 bits per heavy atom. The summed E-state index contributed by atoms with van der Waals surface area (Å²) in [4.78, 5) is 45.7. The molecule has 2 aromatic carbocycles. The summed E-state index contributed by atoms with van der Waals surface area (Å²) in [6.45, 7) is 5.11. The molecule has 2 rings (SSSR count). The molecule has 2 aromatic rings. The van der Waals surface area contributed by atoms with Crippen LogP contribution in [0.25, 0.3) is 0 Å². The maximum absolute atomic E-state index is 12.2. The van der Waals surface area contributed by atoms with Crippen molar-refractivity contribution < 1.29 is 48.3 Å². The van der Waals surface area contributed by atoms with E-state index in [-0.39, 0.29) is 99.1 Å². The van der Waals surface area contributed by atoms with Gasteiger partial charge in [0, 0.05) is 11.9 Å². The van der Waals surface area contributed by atoms with Gasteiger partial charge >= 0.3 is 60.8 Å². The second-order valence-corrected chi connectivity index (χ2v) is 17.4. The Balaban J connectivity index is 0.00000124. The number of hydrogen-bond acceptors (Lipinski definition) is 10. The molecule has 0 heterocycles. The van der Waals surface area contributed by atoms with E-state index in [4.69, 9.17) is 18.9 Å². The standard InChI is InChI=1S/2C27H44O5.Ba/c2*1-2-3-4-5-6-7-8-9-10-14-19-25(20-15-16-21-26(28)29)32-27(30)23-31-22-24-17-12-11-13-18-24;/h2*11-13,17-18,25H,2-10,14-16,19-23H2,1H3,(H,28,29);/q;;+2/p-2. The average molecular weight is 1030 g/mol. The van der Waals surface area contributed by atoms with Crippen LogP contribution in [0.2, 0.25) is 0 Å². The van der Waals surface area contributed by atoms with Crippen molar-refractivity contribution in [2.45, 2.75) is 232 Å². The molecule has 0 aliphatic carbocycles. The van der Waals surface area contributed by atoms with Crippen molar-refractivity contribution in [1.82, 2.24) is 0 Å². The maximum atomic E-state index is 12.2. The summed E-state index contributed by atoms with van der Waals surface area (Å²) < 4.78 is 22.3. The predicted octanol–water partition coefficient (Wildman–Crippen LogP) is 11.1. The van der Waals surface area contributed by atoms with Crippen LogP contribution in [0.15, 0.2) is 60.7 Å². The minimum atomic E-state index is -1.03. The van der Waals surface area contributed by atoms with Crippen LogP contribution in [0.3, 0.4) is 0 Å². The molecule has 0 aromatic heterocycles. The molecule has 0 aliphatic heterocycles. The number of esters is 2. The van der Waals surface area contributed by atoms with Gasteiger partial charge in [-0.1, -0.05) is 190 Å². The van der Waals surface area contributed by atoms with Crippen molar-refractivity contribution in [1.29, 1.82) is 0 Å². The van der Waals surface area contributed by atoms with E-state index in [0.717, 1.165) is 49.7 Å². The van der Waals surface area contributed by atoms with Gasteiger partial charge in [0.05, 0.1) is 13.2 Å². The van der Waals surface area contributed by atoms with Gasteiger partial charge < -0.3 is 38.7 Å². The molecule has 0 bridgehead atoms. The van der Waals surface area contributed by atoms with E-state index in [1.165, 1.54) is 103 Å². The van der Waals surface area contributed by atoms with Crippen molar-refractivity contribution in [3.8, 4) is 0 Å². The van der Waals surface area contributed by atoms with Crippen LogP contribution in [-0.2, 0) is 51.3 Å². The molecule has 0 spiro atoms. The normalized spacial score (nSPS) is 11.7. The zero-order valence-corrected chi connectivity index (χ0v) is 45.2. The maximum Gasteiger partial charge on any atom is 2.00 e. The first-order chi connectivity index (χ1) is 31.2. The number of rotatable bonds is 42. The monoisotopic (exact) mass is 1030 g/mol. The van der Waals surface area contributed by atoms with Crippen LogP contribution in [0.5, 0.6) is 0 Å². The number of aliphatic carboxylic acids is 2. The van der Waals surface area contributed by atoms with Crippen molar-refractivity contribution in [2.75, 3.05) is 13.2 Å². The van der Waals surface area contributed by atoms with Crippen molar-refractivity contribution in [3.05, 3.63) is 71.8 Å². The second kappa shape index (κ2) is 46.9. The molecule has 2 atom stereocenters. The molecule has 10 nitrogen and oxygen atoms in total. The molecule has 0 saturated heterocycles. The van der Waals surface area contributed by atoms with Crippen LogP contribution >= 0.6 is 0 Å². The Hall–Kier alpha value is -2.19. The Labute approximate surface area is 434 Å². The second-order valence-electron chi connectivity index (χ2n) is 17.4. The number of carbonyl (C=O) groups excluding carboxylic acids is 4. The van der Waals surface area contributed by atoms with E-state index in [0.29, 0.717) is 51.7 Å². The van der Waals surface area contributed by atoms with E-state index in [2.05, 4.69) is 13.8 Å². The fourth-order valence-electron chi connectivity index (χ4n) is 7.62. The molecule has 0 radical (unpaired) electrons. The van der Waals surface area contributed by atoms with E-state index in [9.17, 15) is 29.4 Å². The molecule has 0 aliphatic rings. The number of benzene rings is 2. The minimum absolute atomic E-state index is 0. The summed E-state index contributed by atoms with van der Waals surface area (Å²) in [5.41, 5.74) is 2.04. The zero-order chi connectivity index (χ0) is 46.6. The first kappa shape index (κ1) is 62.8. The van der Waals surface area contributed by atoms with Crippen LogP contribution in [0.1, 0.15) is 218 Å². The summed E-state index contributed by atoms with van der Waals surface area (Å²) in [6, 6.07) is 19.4. The fraction of sp³-hybridized carbons (Fsp3) is 0.704. The number of ether oxygens (including phenoxy) is 4. The quantitative estimate of drug-likeness (QED) is 0.0357. The first-order valence-corrected chi connectivity index (χ1v) is 25.2. The number of carboxylic acid groups (broad SMARTS) is 2. The first-order valence-electron chi connectivity index (χ1n) is 25.2. The summed E-state index contributed by atoms with van der Waals surface area (Å²) >= 11 is 0. The molecule has 0 saturated carbocycles. The average Bonchev–Trinajstić information content (AvgIpc) is 3.28. The Morgan fingerprint density at radius 3 is 0.985 bits per heavy atom. The molecular formula is C54H86BaO10. The smallest absolute Gasteiger partial charge is 0.550 e. The topological polar surface area (TPSA) is 151 Å². The van der Waals surface area contributed by atoms with Crippen molar-refractivity contribution in [3.63, 3.8) is 0 Å². The molecule has 65 heavy (non-hydrogen) atoms. The van der Waals surface area contributed by atoms with Gasteiger partial charge in [-0.05, 0) is 88.2 Å².